The number of hydrogen-bond donors (Lipinski definition) is 2. The zero-order valence-corrected chi connectivity index (χ0v) is 18.8. The van der Waals surface area contributed by atoms with Gasteiger partial charge in [-0.1, -0.05) is 25.1 Å². The summed E-state index contributed by atoms with van der Waals surface area (Å²) in [6, 6.07) is 6.49. The van der Waals surface area contributed by atoms with Crippen molar-refractivity contribution in [1.82, 2.24) is 5.32 Å². The first kappa shape index (κ1) is 20.8. The quantitative estimate of drug-likeness (QED) is 0.521. The van der Waals surface area contributed by atoms with E-state index < -0.39 is 0 Å². The Morgan fingerprint density at radius 3 is 2.75 bits per heavy atom. The molecule has 0 amide bonds. The van der Waals surface area contributed by atoms with Crippen LogP contribution in [0.3, 0.4) is 0 Å². The first-order chi connectivity index (χ1) is 13.3. The summed E-state index contributed by atoms with van der Waals surface area (Å²) in [4.78, 5) is 13.7. The van der Waals surface area contributed by atoms with Crippen molar-refractivity contribution < 1.29 is 9.53 Å². The summed E-state index contributed by atoms with van der Waals surface area (Å²) >= 11 is 7.18. The van der Waals surface area contributed by atoms with E-state index in [0.717, 1.165) is 29.8 Å². The van der Waals surface area contributed by atoms with Crippen molar-refractivity contribution in [3.05, 3.63) is 50.9 Å². The van der Waals surface area contributed by atoms with Crippen molar-refractivity contribution in [1.29, 1.82) is 0 Å². The lowest BCUT2D eigenvalue weighted by atomic mass is 9.88. The fraction of sp³-hybridized carbons (Fsp3) is 0.455. The van der Waals surface area contributed by atoms with Gasteiger partial charge in [0.2, 0.25) is 0 Å². The van der Waals surface area contributed by atoms with Gasteiger partial charge in [0.15, 0.2) is 5.11 Å². The number of ether oxygens (including phenoxy) is 1. The number of esters is 1. The van der Waals surface area contributed by atoms with Gasteiger partial charge in [-0.05, 0) is 80.4 Å². The highest BCUT2D eigenvalue weighted by Gasteiger charge is 2.28. The summed E-state index contributed by atoms with van der Waals surface area (Å²) in [5.74, 6) is 0.346. The monoisotopic (exact) mass is 416 g/mol. The van der Waals surface area contributed by atoms with E-state index in [-0.39, 0.29) is 12.0 Å². The van der Waals surface area contributed by atoms with Gasteiger partial charge in [0.1, 0.15) is 5.00 Å². The smallest absolute Gasteiger partial charge is 0.341 e. The summed E-state index contributed by atoms with van der Waals surface area (Å²) in [5, 5.41) is 7.91. The zero-order valence-electron chi connectivity index (χ0n) is 17.1. The number of carbonyl (C=O) groups is 1. The van der Waals surface area contributed by atoms with Crippen molar-refractivity contribution in [2.24, 2.45) is 5.92 Å². The first-order valence-electron chi connectivity index (χ1n) is 9.67. The van der Waals surface area contributed by atoms with Gasteiger partial charge in [-0.15, -0.1) is 11.3 Å². The molecule has 28 heavy (non-hydrogen) atoms. The van der Waals surface area contributed by atoms with Crippen LogP contribution in [0.4, 0.5) is 5.00 Å². The maximum Gasteiger partial charge on any atom is 0.341 e. The fourth-order valence-electron chi connectivity index (χ4n) is 3.61. The zero-order chi connectivity index (χ0) is 20.4. The Balaban J connectivity index is 1.78. The number of fused-ring (bicyclic) bond motifs is 1. The fourth-order valence-corrected chi connectivity index (χ4v) is 5.36. The number of benzene rings is 1. The predicted molar refractivity (Wildman–Crippen MR) is 121 cm³/mol. The molecule has 0 saturated carbocycles. The highest BCUT2D eigenvalue weighted by molar-refractivity contribution is 7.80. The number of methoxy groups -OCH3 is 1. The summed E-state index contributed by atoms with van der Waals surface area (Å²) in [7, 11) is 1.43. The molecule has 1 heterocycles. The SMILES string of the molecule is COC(=O)c1c(NC(=S)NC(C)c2ccc(C)c(C)c2)sc2c1CCC(C)C2. The van der Waals surface area contributed by atoms with Crippen LogP contribution in [0.1, 0.15) is 63.8 Å². The first-order valence-corrected chi connectivity index (χ1v) is 10.9. The number of thiophene rings is 1. The number of rotatable bonds is 4. The molecule has 2 unspecified atom stereocenters. The largest absolute Gasteiger partial charge is 0.465 e. The van der Waals surface area contributed by atoms with Crippen molar-refractivity contribution in [2.45, 2.75) is 53.0 Å². The molecule has 1 aromatic heterocycles. The minimum Gasteiger partial charge on any atom is -0.465 e. The number of aryl methyl sites for hydroxylation is 2. The number of carbonyl (C=O) groups excluding carboxylic acids is 1. The lowest BCUT2D eigenvalue weighted by Gasteiger charge is -2.19. The van der Waals surface area contributed by atoms with Gasteiger partial charge in [-0.25, -0.2) is 4.79 Å². The van der Waals surface area contributed by atoms with Gasteiger partial charge in [0.05, 0.1) is 18.7 Å². The molecule has 0 aliphatic heterocycles. The minimum atomic E-state index is -0.292. The molecule has 150 valence electrons. The molecule has 0 fully saturated rings. The molecule has 4 nitrogen and oxygen atoms in total. The van der Waals surface area contributed by atoms with Crippen molar-refractivity contribution in [3.8, 4) is 0 Å². The Labute approximate surface area is 176 Å². The Hall–Kier alpha value is -1.92. The van der Waals surface area contributed by atoms with Gasteiger partial charge < -0.3 is 15.4 Å². The van der Waals surface area contributed by atoms with Crippen LogP contribution in [0.15, 0.2) is 18.2 Å². The standard InChI is InChI=1S/C22H28N2O2S2/c1-12-6-9-17-18(10-12)28-20(19(17)21(25)26-5)24-22(27)23-15(4)16-8-7-13(2)14(3)11-16/h7-8,11-12,15H,6,9-10H2,1-5H3,(H2,23,24,27). The van der Waals surface area contributed by atoms with E-state index >= 15 is 0 Å². The molecule has 3 rings (SSSR count). The van der Waals surface area contributed by atoms with Gasteiger partial charge in [0.25, 0.3) is 0 Å². The van der Waals surface area contributed by atoms with E-state index in [1.807, 2.05) is 0 Å². The second kappa shape index (κ2) is 8.62. The Kier molecular flexibility index (Phi) is 6.40. The lowest BCUT2D eigenvalue weighted by molar-refractivity contribution is 0.0601. The normalized spacial score (nSPS) is 16.8. The van der Waals surface area contributed by atoms with E-state index in [1.54, 1.807) is 11.3 Å². The van der Waals surface area contributed by atoms with Crippen LogP contribution >= 0.6 is 23.6 Å². The predicted octanol–water partition coefficient (Wildman–Crippen LogP) is 5.32. The van der Waals surface area contributed by atoms with Crippen LogP contribution in [0.2, 0.25) is 0 Å². The molecule has 1 aliphatic carbocycles. The molecular formula is C22H28N2O2S2. The summed E-state index contributed by atoms with van der Waals surface area (Å²) in [5.41, 5.74) is 5.50. The molecule has 0 bridgehead atoms. The maximum absolute atomic E-state index is 12.4. The molecule has 0 saturated heterocycles. The highest BCUT2D eigenvalue weighted by atomic mass is 32.1. The lowest BCUT2D eigenvalue weighted by Crippen LogP contribution is -2.31. The third kappa shape index (κ3) is 4.39. The third-order valence-corrected chi connectivity index (χ3v) is 6.90. The van der Waals surface area contributed by atoms with E-state index in [9.17, 15) is 4.79 Å². The van der Waals surface area contributed by atoms with Crippen LogP contribution in [0.5, 0.6) is 0 Å². The van der Waals surface area contributed by atoms with Gasteiger partial charge in [-0.3, -0.25) is 0 Å². The number of thiocarbonyl (C=S) groups is 1. The number of nitrogens with one attached hydrogen (secondary N) is 2. The molecule has 2 N–H and O–H groups in total. The molecule has 2 aromatic rings. The van der Waals surface area contributed by atoms with Gasteiger partial charge in [-0.2, -0.15) is 0 Å². The van der Waals surface area contributed by atoms with E-state index in [4.69, 9.17) is 17.0 Å². The van der Waals surface area contributed by atoms with E-state index in [1.165, 1.54) is 28.7 Å². The molecule has 2 atom stereocenters. The topological polar surface area (TPSA) is 50.4 Å². The van der Waals surface area contributed by atoms with Crippen molar-refractivity contribution in [2.75, 3.05) is 12.4 Å². The summed E-state index contributed by atoms with van der Waals surface area (Å²) in [6.07, 6.45) is 3.02. The number of hydrogen-bond acceptors (Lipinski definition) is 4. The van der Waals surface area contributed by atoms with Crippen LogP contribution in [0.25, 0.3) is 0 Å². The second-order valence-corrected chi connectivity index (χ2v) is 9.22. The van der Waals surface area contributed by atoms with Crippen LogP contribution in [-0.2, 0) is 17.6 Å². The summed E-state index contributed by atoms with van der Waals surface area (Å²) < 4.78 is 5.05. The van der Waals surface area contributed by atoms with Gasteiger partial charge in [0, 0.05) is 4.88 Å². The molecule has 1 aliphatic rings. The molecular weight excluding hydrogens is 388 g/mol. The van der Waals surface area contributed by atoms with Crippen molar-refractivity contribution in [3.63, 3.8) is 0 Å². The Morgan fingerprint density at radius 1 is 1.32 bits per heavy atom. The van der Waals surface area contributed by atoms with Crippen molar-refractivity contribution >= 4 is 39.6 Å². The van der Waals surface area contributed by atoms with Crippen LogP contribution < -0.4 is 10.6 Å². The number of anilines is 1. The molecule has 0 spiro atoms. The van der Waals surface area contributed by atoms with E-state index in [0.29, 0.717) is 16.6 Å². The molecule has 6 heteroatoms. The summed E-state index contributed by atoms with van der Waals surface area (Å²) in [6.45, 7) is 8.56. The van der Waals surface area contributed by atoms with Crippen LogP contribution in [-0.4, -0.2) is 18.2 Å². The highest BCUT2D eigenvalue weighted by Crippen LogP contribution is 2.40. The van der Waals surface area contributed by atoms with Gasteiger partial charge >= 0.3 is 5.97 Å². The average Bonchev–Trinajstić information content (AvgIpc) is 2.99. The average molecular weight is 417 g/mol. The third-order valence-electron chi connectivity index (χ3n) is 5.51. The Morgan fingerprint density at radius 2 is 2.07 bits per heavy atom. The molecule has 0 radical (unpaired) electrons. The second-order valence-electron chi connectivity index (χ2n) is 7.71. The maximum atomic E-state index is 12.4. The molecule has 1 aromatic carbocycles. The minimum absolute atomic E-state index is 0.0653. The van der Waals surface area contributed by atoms with Crippen LogP contribution in [0, 0.1) is 19.8 Å². The van der Waals surface area contributed by atoms with E-state index in [2.05, 4.69) is 56.5 Å². The Bertz CT molecular complexity index is 904.